The third kappa shape index (κ3) is 4.78. The van der Waals surface area contributed by atoms with Crippen LogP contribution in [0.15, 0.2) is 132 Å². The Morgan fingerprint density at radius 3 is 1.74 bits per heavy atom. The number of para-hydroxylation sites is 1. The Balaban J connectivity index is 1.05. The number of nitriles is 1. The zero-order chi connectivity index (χ0) is 37.7. The van der Waals surface area contributed by atoms with Crippen LogP contribution in [-0.4, -0.2) is 9.97 Å². The molecule has 2 aromatic heterocycles. The number of fused-ring (bicyclic) bond motifs is 13. The van der Waals surface area contributed by atoms with Gasteiger partial charge >= 0.3 is 0 Å². The van der Waals surface area contributed by atoms with Gasteiger partial charge in [-0.3, -0.25) is 0 Å². The summed E-state index contributed by atoms with van der Waals surface area (Å²) in [6.07, 6.45) is 12.0. The van der Waals surface area contributed by atoms with Gasteiger partial charge in [0, 0.05) is 38.3 Å². The minimum Gasteiger partial charge on any atom is -0.456 e. The van der Waals surface area contributed by atoms with E-state index in [1.54, 1.807) is 0 Å². The molecule has 0 aliphatic heterocycles. The van der Waals surface area contributed by atoms with E-state index in [1.807, 2.05) is 18.2 Å². The molecule has 6 aromatic carbocycles. The van der Waals surface area contributed by atoms with Crippen molar-refractivity contribution in [1.29, 1.82) is 5.26 Å². The maximum absolute atomic E-state index is 9.90. The standard InChI is InChI=1S/C53H41N3O/c54-32-33-15-19-38-40-20-16-34(28-45(40)53(44(38)27-33)25-9-2-10-26-53)47-31-48(35-17-22-42-41-12-4-6-14-49(41)57-50(42)30-35)56-51(55-47)36-18-21-39-37-11-3-5-13-43(37)52(46(39)29-36)23-7-1-8-24-52/h3-6,11-22,27-31H,1-2,7-10,23-26H2. The van der Waals surface area contributed by atoms with Crippen LogP contribution in [0.2, 0.25) is 0 Å². The molecule has 274 valence electrons. The highest BCUT2D eigenvalue weighted by molar-refractivity contribution is 6.05. The van der Waals surface area contributed by atoms with Crippen LogP contribution in [0.25, 0.3) is 78.1 Å². The Morgan fingerprint density at radius 2 is 1.00 bits per heavy atom. The predicted molar refractivity (Wildman–Crippen MR) is 229 cm³/mol. The van der Waals surface area contributed by atoms with Crippen LogP contribution in [0.5, 0.6) is 0 Å². The van der Waals surface area contributed by atoms with E-state index in [1.165, 1.54) is 95.9 Å². The van der Waals surface area contributed by atoms with Gasteiger partial charge in [-0.1, -0.05) is 117 Å². The summed E-state index contributed by atoms with van der Waals surface area (Å²) in [7, 11) is 0. The van der Waals surface area contributed by atoms with E-state index in [0.717, 1.165) is 74.2 Å². The molecular weight excluding hydrogens is 695 g/mol. The second-order valence-electron chi connectivity index (χ2n) is 17.0. The molecule has 4 aliphatic carbocycles. The fraction of sp³-hybridized carbons (Fsp3) is 0.226. The second kappa shape index (κ2) is 12.3. The summed E-state index contributed by atoms with van der Waals surface area (Å²) < 4.78 is 6.39. The van der Waals surface area contributed by atoms with Crippen molar-refractivity contribution >= 4 is 21.9 Å². The first-order valence-corrected chi connectivity index (χ1v) is 20.9. The van der Waals surface area contributed by atoms with Crippen molar-refractivity contribution in [2.24, 2.45) is 0 Å². The summed E-state index contributed by atoms with van der Waals surface area (Å²) in [5, 5.41) is 12.1. The van der Waals surface area contributed by atoms with Gasteiger partial charge in [0.1, 0.15) is 11.2 Å². The zero-order valence-corrected chi connectivity index (χ0v) is 31.9. The van der Waals surface area contributed by atoms with Crippen molar-refractivity contribution in [1.82, 2.24) is 9.97 Å². The van der Waals surface area contributed by atoms with Gasteiger partial charge < -0.3 is 4.42 Å². The normalized spacial score (nSPS) is 17.0. The van der Waals surface area contributed by atoms with Gasteiger partial charge in [-0.15, -0.1) is 0 Å². The molecule has 0 bridgehead atoms. The van der Waals surface area contributed by atoms with E-state index in [4.69, 9.17) is 14.4 Å². The number of nitrogens with zero attached hydrogens (tertiary/aromatic N) is 3. The number of hydrogen-bond acceptors (Lipinski definition) is 4. The maximum Gasteiger partial charge on any atom is 0.160 e. The molecule has 2 spiro atoms. The SMILES string of the molecule is N#Cc1ccc2c(c1)C1(CCCCC1)c1cc(-c3cc(-c4ccc5c(c4)oc4ccccc45)nc(-c4ccc5c(c4)C4(CCCCC4)c4ccccc4-5)n3)ccc1-2. The molecular formula is C53H41N3O. The fourth-order valence-corrected chi connectivity index (χ4v) is 11.5. The zero-order valence-electron chi connectivity index (χ0n) is 31.9. The van der Waals surface area contributed by atoms with Crippen LogP contribution in [-0.2, 0) is 10.8 Å². The topological polar surface area (TPSA) is 62.7 Å². The third-order valence-electron chi connectivity index (χ3n) is 14.1. The van der Waals surface area contributed by atoms with Crippen molar-refractivity contribution < 1.29 is 4.42 Å². The molecule has 12 rings (SSSR count). The van der Waals surface area contributed by atoms with Gasteiger partial charge in [0.2, 0.25) is 0 Å². The minimum atomic E-state index is -0.0832. The lowest BCUT2D eigenvalue weighted by atomic mass is 9.67. The summed E-state index contributed by atoms with van der Waals surface area (Å²) in [6, 6.07) is 48.7. The van der Waals surface area contributed by atoms with E-state index in [0.29, 0.717) is 0 Å². The van der Waals surface area contributed by atoms with Crippen LogP contribution in [0, 0.1) is 11.3 Å². The highest BCUT2D eigenvalue weighted by atomic mass is 16.3. The van der Waals surface area contributed by atoms with Gasteiger partial charge in [-0.2, -0.15) is 5.26 Å². The van der Waals surface area contributed by atoms with E-state index in [9.17, 15) is 5.26 Å². The minimum absolute atomic E-state index is 0.0433. The lowest BCUT2D eigenvalue weighted by Gasteiger charge is -2.36. The average Bonchev–Trinajstić information content (AvgIpc) is 3.87. The Morgan fingerprint density at radius 1 is 0.456 bits per heavy atom. The summed E-state index contributed by atoms with van der Waals surface area (Å²) in [6.45, 7) is 0. The summed E-state index contributed by atoms with van der Waals surface area (Å²) >= 11 is 0. The number of aromatic nitrogens is 2. The molecule has 8 aromatic rings. The first-order valence-electron chi connectivity index (χ1n) is 20.9. The molecule has 0 saturated heterocycles. The molecule has 4 aliphatic rings. The van der Waals surface area contributed by atoms with E-state index in [2.05, 4.69) is 115 Å². The molecule has 2 heterocycles. The number of furan rings is 1. The van der Waals surface area contributed by atoms with Gasteiger partial charge in [0.15, 0.2) is 5.82 Å². The maximum atomic E-state index is 9.90. The second-order valence-corrected chi connectivity index (χ2v) is 17.0. The first kappa shape index (κ1) is 32.9. The molecule has 0 unspecified atom stereocenters. The van der Waals surface area contributed by atoms with Crippen molar-refractivity contribution in [3.05, 3.63) is 155 Å². The van der Waals surface area contributed by atoms with Crippen LogP contribution < -0.4 is 0 Å². The molecule has 0 N–H and O–H groups in total. The number of benzene rings is 6. The molecule has 0 radical (unpaired) electrons. The molecule has 2 fully saturated rings. The molecule has 0 amide bonds. The third-order valence-corrected chi connectivity index (χ3v) is 14.1. The summed E-state index contributed by atoms with van der Waals surface area (Å²) in [5.41, 5.74) is 18.3. The Labute approximate surface area is 332 Å². The van der Waals surface area contributed by atoms with Crippen LogP contribution in [0.3, 0.4) is 0 Å². The van der Waals surface area contributed by atoms with Crippen molar-refractivity contribution in [2.45, 2.75) is 75.0 Å². The molecule has 57 heavy (non-hydrogen) atoms. The van der Waals surface area contributed by atoms with E-state index < -0.39 is 0 Å². The van der Waals surface area contributed by atoms with Gasteiger partial charge in [-0.25, -0.2) is 9.97 Å². The van der Waals surface area contributed by atoms with Crippen LogP contribution in [0.1, 0.15) is 92.0 Å². The summed E-state index contributed by atoms with van der Waals surface area (Å²) in [4.78, 5) is 10.9. The van der Waals surface area contributed by atoms with Crippen molar-refractivity contribution in [3.63, 3.8) is 0 Å². The summed E-state index contributed by atoms with van der Waals surface area (Å²) in [5.74, 6) is 0.742. The quantitative estimate of drug-likeness (QED) is 0.181. The molecule has 0 atom stereocenters. The largest absolute Gasteiger partial charge is 0.456 e. The van der Waals surface area contributed by atoms with Gasteiger partial charge in [0.05, 0.1) is 23.0 Å². The smallest absolute Gasteiger partial charge is 0.160 e. The van der Waals surface area contributed by atoms with E-state index >= 15 is 0 Å². The highest BCUT2D eigenvalue weighted by Gasteiger charge is 2.45. The van der Waals surface area contributed by atoms with Crippen LogP contribution in [0.4, 0.5) is 0 Å². The van der Waals surface area contributed by atoms with Crippen molar-refractivity contribution in [3.8, 4) is 62.2 Å². The lowest BCUT2D eigenvalue weighted by molar-refractivity contribution is 0.353. The fourth-order valence-electron chi connectivity index (χ4n) is 11.5. The Bertz CT molecular complexity index is 3000. The van der Waals surface area contributed by atoms with Crippen molar-refractivity contribution in [2.75, 3.05) is 0 Å². The number of hydrogen-bond donors (Lipinski definition) is 0. The molecule has 4 nitrogen and oxygen atoms in total. The van der Waals surface area contributed by atoms with Crippen LogP contribution >= 0.6 is 0 Å². The molecule has 2 saturated carbocycles. The van der Waals surface area contributed by atoms with Gasteiger partial charge in [0.25, 0.3) is 0 Å². The average molecular weight is 736 g/mol. The number of rotatable bonds is 3. The Hall–Kier alpha value is -6.31. The Kier molecular flexibility index (Phi) is 7.12. The van der Waals surface area contributed by atoms with Gasteiger partial charge in [-0.05, 0) is 119 Å². The molecule has 4 heteroatoms. The predicted octanol–water partition coefficient (Wildman–Crippen LogP) is 13.7. The first-order chi connectivity index (χ1) is 28.1. The van der Waals surface area contributed by atoms with E-state index in [-0.39, 0.29) is 10.8 Å². The monoisotopic (exact) mass is 735 g/mol. The highest BCUT2D eigenvalue weighted by Crippen LogP contribution is 2.58. The lowest BCUT2D eigenvalue weighted by Crippen LogP contribution is -2.28.